The van der Waals surface area contributed by atoms with Crippen LogP contribution < -0.4 is 5.32 Å². The molecule has 0 aliphatic heterocycles. The van der Waals surface area contributed by atoms with E-state index < -0.39 is 11.7 Å². The molecule has 0 heterocycles. The van der Waals surface area contributed by atoms with Gasteiger partial charge in [0.05, 0.1) is 5.56 Å². The van der Waals surface area contributed by atoms with Gasteiger partial charge in [0, 0.05) is 15.3 Å². The molecule has 2 nitrogen and oxygen atoms in total. The minimum absolute atomic E-state index is 0.0574. The van der Waals surface area contributed by atoms with Crippen LogP contribution in [-0.4, -0.2) is 16.8 Å². The predicted octanol–water partition coefficient (Wildman–Crippen LogP) is 3.88. The minimum Gasteiger partial charge on any atom is -0.347 e. The maximum absolute atomic E-state index is 13.5. The van der Waals surface area contributed by atoms with E-state index in [2.05, 4.69) is 37.2 Å². The fourth-order valence-corrected chi connectivity index (χ4v) is 2.70. The molecule has 0 saturated carbocycles. The van der Waals surface area contributed by atoms with Crippen LogP contribution in [0.2, 0.25) is 0 Å². The van der Waals surface area contributed by atoms with Crippen LogP contribution in [0.4, 0.5) is 4.39 Å². The highest BCUT2D eigenvalue weighted by atomic mass is 79.9. The van der Waals surface area contributed by atoms with E-state index in [1.54, 1.807) is 6.07 Å². The molecule has 0 unspecified atom stereocenters. The Bertz CT molecular complexity index is 421. The molecule has 1 rings (SSSR count). The van der Waals surface area contributed by atoms with E-state index in [9.17, 15) is 9.18 Å². The van der Waals surface area contributed by atoms with E-state index in [4.69, 9.17) is 0 Å². The molecule has 1 aromatic rings. The number of rotatable bonds is 4. The van der Waals surface area contributed by atoms with Crippen molar-refractivity contribution in [1.29, 1.82) is 0 Å². The third-order valence-corrected chi connectivity index (χ3v) is 3.23. The number of benzene rings is 1. The Morgan fingerprint density at radius 1 is 1.47 bits per heavy atom. The lowest BCUT2D eigenvalue weighted by atomic mass is 10.0. The van der Waals surface area contributed by atoms with Gasteiger partial charge in [0.15, 0.2) is 0 Å². The lowest BCUT2D eigenvalue weighted by Crippen LogP contribution is -2.44. The molecule has 1 aromatic carbocycles. The van der Waals surface area contributed by atoms with E-state index in [-0.39, 0.29) is 11.1 Å². The van der Waals surface area contributed by atoms with Crippen LogP contribution in [0.3, 0.4) is 0 Å². The number of carbonyl (C=O) groups excluding carboxylic acids is 1. The molecule has 5 heteroatoms. The summed E-state index contributed by atoms with van der Waals surface area (Å²) in [5, 5.41) is 3.59. The van der Waals surface area contributed by atoms with Crippen LogP contribution in [-0.2, 0) is 0 Å². The fourth-order valence-electron chi connectivity index (χ4n) is 1.34. The van der Waals surface area contributed by atoms with E-state index >= 15 is 0 Å². The molecule has 0 fully saturated rings. The minimum atomic E-state index is -0.514. The quantitative estimate of drug-likeness (QED) is 0.805. The van der Waals surface area contributed by atoms with E-state index in [0.717, 1.165) is 11.8 Å². The monoisotopic (exact) mass is 365 g/mol. The van der Waals surface area contributed by atoms with Gasteiger partial charge in [0.25, 0.3) is 5.91 Å². The molecule has 0 spiro atoms. The fraction of sp³-hybridized carbons (Fsp3) is 0.417. The van der Waals surface area contributed by atoms with Gasteiger partial charge in [-0.1, -0.05) is 31.9 Å². The van der Waals surface area contributed by atoms with Gasteiger partial charge in [0.1, 0.15) is 5.82 Å². The first-order valence-electron chi connectivity index (χ1n) is 5.19. The molecular weight excluding hydrogens is 353 g/mol. The number of nitrogens with one attached hydrogen (secondary N) is 1. The summed E-state index contributed by atoms with van der Waals surface area (Å²) in [6.45, 7) is 3.81. The Hall–Kier alpha value is -0.420. The molecule has 94 valence electrons. The summed E-state index contributed by atoms with van der Waals surface area (Å²) >= 11 is 6.55. The average molecular weight is 367 g/mol. The van der Waals surface area contributed by atoms with Gasteiger partial charge in [-0.2, -0.15) is 0 Å². The van der Waals surface area contributed by atoms with Crippen molar-refractivity contribution in [2.45, 2.75) is 25.8 Å². The highest BCUT2D eigenvalue weighted by Crippen LogP contribution is 2.17. The lowest BCUT2D eigenvalue weighted by molar-refractivity contribution is 0.0907. The Balaban J connectivity index is 2.86. The van der Waals surface area contributed by atoms with Gasteiger partial charge in [-0.15, -0.1) is 0 Å². The van der Waals surface area contributed by atoms with Crippen molar-refractivity contribution in [3.63, 3.8) is 0 Å². The van der Waals surface area contributed by atoms with Gasteiger partial charge >= 0.3 is 0 Å². The lowest BCUT2D eigenvalue weighted by Gasteiger charge is -2.25. The Labute approximate surface area is 117 Å². The predicted molar refractivity (Wildman–Crippen MR) is 74.1 cm³/mol. The van der Waals surface area contributed by atoms with Crippen molar-refractivity contribution in [2.24, 2.45) is 0 Å². The summed E-state index contributed by atoms with van der Waals surface area (Å²) in [7, 11) is 0. The molecular formula is C12H14Br2FNO. The van der Waals surface area contributed by atoms with Crippen molar-refractivity contribution in [3.05, 3.63) is 34.1 Å². The molecule has 0 bridgehead atoms. The molecule has 0 aliphatic carbocycles. The van der Waals surface area contributed by atoms with Gasteiger partial charge in [0.2, 0.25) is 0 Å². The summed E-state index contributed by atoms with van der Waals surface area (Å²) in [4.78, 5) is 11.9. The topological polar surface area (TPSA) is 29.1 Å². The zero-order valence-corrected chi connectivity index (χ0v) is 12.9. The van der Waals surface area contributed by atoms with Crippen molar-refractivity contribution in [3.8, 4) is 0 Å². The Morgan fingerprint density at radius 3 is 2.71 bits per heavy atom. The molecule has 0 saturated heterocycles. The maximum Gasteiger partial charge on any atom is 0.254 e. The van der Waals surface area contributed by atoms with Gasteiger partial charge in [-0.25, -0.2) is 4.39 Å². The van der Waals surface area contributed by atoms with Crippen LogP contribution in [0, 0.1) is 5.82 Å². The zero-order chi connectivity index (χ0) is 13.1. The second-order valence-electron chi connectivity index (χ2n) is 4.40. The van der Waals surface area contributed by atoms with Gasteiger partial charge in [-0.05, 0) is 38.5 Å². The molecule has 1 N–H and O–H groups in total. The van der Waals surface area contributed by atoms with E-state index in [0.29, 0.717) is 4.47 Å². The first-order chi connectivity index (χ1) is 7.85. The Kier molecular flexibility index (Phi) is 5.13. The summed E-state index contributed by atoms with van der Waals surface area (Å²) in [5.41, 5.74) is -0.308. The molecule has 0 aromatic heterocycles. The number of carbonyl (C=O) groups is 1. The molecule has 17 heavy (non-hydrogen) atoms. The zero-order valence-electron chi connectivity index (χ0n) is 9.69. The second kappa shape index (κ2) is 5.96. The second-order valence-corrected chi connectivity index (χ2v) is 6.11. The number of amides is 1. The number of hydrogen-bond acceptors (Lipinski definition) is 1. The highest BCUT2D eigenvalue weighted by molar-refractivity contribution is 9.10. The van der Waals surface area contributed by atoms with Gasteiger partial charge in [-0.3, -0.25) is 4.79 Å². The van der Waals surface area contributed by atoms with Crippen molar-refractivity contribution in [2.75, 3.05) is 5.33 Å². The van der Waals surface area contributed by atoms with Crippen LogP contribution in [0.25, 0.3) is 0 Å². The van der Waals surface area contributed by atoms with Crippen molar-refractivity contribution in [1.82, 2.24) is 5.32 Å². The Morgan fingerprint density at radius 2 is 2.12 bits per heavy atom. The van der Waals surface area contributed by atoms with Crippen LogP contribution in [0.1, 0.15) is 30.6 Å². The largest absolute Gasteiger partial charge is 0.347 e. The van der Waals surface area contributed by atoms with Crippen LogP contribution in [0.5, 0.6) is 0 Å². The highest BCUT2D eigenvalue weighted by Gasteiger charge is 2.22. The number of hydrogen-bond donors (Lipinski definition) is 1. The van der Waals surface area contributed by atoms with Crippen molar-refractivity contribution >= 4 is 37.8 Å². The van der Waals surface area contributed by atoms with E-state index in [1.165, 1.54) is 12.1 Å². The van der Waals surface area contributed by atoms with E-state index in [1.807, 2.05) is 13.8 Å². The standard InChI is InChI=1S/C12H14Br2FNO/c1-12(2,5-6-13)16-11(17)9-7-8(14)3-4-10(9)15/h3-4,7H,5-6H2,1-2H3,(H,16,17). The number of alkyl halides is 1. The van der Waals surface area contributed by atoms with Crippen molar-refractivity contribution < 1.29 is 9.18 Å². The maximum atomic E-state index is 13.5. The van der Waals surface area contributed by atoms with Gasteiger partial charge < -0.3 is 5.32 Å². The molecule has 1 amide bonds. The first kappa shape index (κ1) is 14.6. The summed E-state index contributed by atoms with van der Waals surface area (Å²) in [6.07, 6.45) is 0.772. The van der Waals surface area contributed by atoms with Crippen LogP contribution >= 0.6 is 31.9 Å². The smallest absolute Gasteiger partial charge is 0.254 e. The SMILES string of the molecule is CC(C)(CCBr)NC(=O)c1cc(Br)ccc1F. The molecule has 0 aliphatic rings. The average Bonchev–Trinajstić information content (AvgIpc) is 2.20. The summed E-state index contributed by atoms with van der Waals surface area (Å²) in [6, 6.07) is 4.32. The molecule has 0 atom stereocenters. The first-order valence-corrected chi connectivity index (χ1v) is 7.11. The third-order valence-electron chi connectivity index (χ3n) is 2.34. The number of halogens is 3. The van der Waals surface area contributed by atoms with Crippen LogP contribution in [0.15, 0.2) is 22.7 Å². The summed E-state index contributed by atoms with van der Waals surface area (Å²) in [5.74, 6) is -0.907. The normalized spacial score (nSPS) is 11.4. The third kappa shape index (κ3) is 4.39. The summed E-state index contributed by atoms with van der Waals surface area (Å²) < 4.78 is 14.2. The molecule has 0 radical (unpaired) electrons.